The summed E-state index contributed by atoms with van der Waals surface area (Å²) >= 11 is 0. The van der Waals surface area contributed by atoms with Crippen LogP contribution < -0.4 is 5.73 Å². The first-order chi connectivity index (χ1) is 9.41. The van der Waals surface area contributed by atoms with Crippen molar-refractivity contribution in [1.29, 1.82) is 0 Å². The van der Waals surface area contributed by atoms with Gasteiger partial charge in [-0.05, 0) is 13.3 Å². The molecule has 0 rings (SSSR count). The molecule has 0 aliphatic carbocycles. The maximum Gasteiger partial charge on any atom is 0.303 e. The van der Waals surface area contributed by atoms with E-state index >= 15 is 0 Å². The van der Waals surface area contributed by atoms with E-state index in [1.165, 1.54) is 44.9 Å². The molecular formula is C16H31NO3. The molecule has 0 saturated heterocycles. The van der Waals surface area contributed by atoms with Crippen LogP contribution in [0.4, 0.5) is 0 Å². The number of aliphatic carboxylic acids is 1. The van der Waals surface area contributed by atoms with Gasteiger partial charge in [-0.3, -0.25) is 9.59 Å². The van der Waals surface area contributed by atoms with Gasteiger partial charge in [0.05, 0.1) is 0 Å². The van der Waals surface area contributed by atoms with Crippen molar-refractivity contribution in [3.05, 3.63) is 12.2 Å². The van der Waals surface area contributed by atoms with E-state index in [2.05, 4.69) is 13.5 Å². The first-order valence-electron chi connectivity index (χ1n) is 7.58. The maximum atomic E-state index is 10.2. The van der Waals surface area contributed by atoms with E-state index in [9.17, 15) is 9.59 Å². The molecule has 118 valence electrons. The second kappa shape index (κ2) is 15.7. The second-order valence-corrected chi connectivity index (χ2v) is 5.12. The van der Waals surface area contributed by atoms with Gasteiger partial charge >= 0.3 is 5.97 Å². The highest BCUT2D eigenvalue weighted by atomic mass is 16.4. The number of primary amides is 1. The number of carbonyl (C=O) groups is 2. The van der Waals surface area contributed by atoms with Crippen LogP contribution in [0.15, 0.2) is 12.2 Å². The Morgan fingerprint density at radius 3 is 1.60 bits per heavy atom. The number of amides is 1. The van der Waals surface area contributed by atoms with Gasteiger partial charge in [0.15, 0.2) is 0 Å². The van der Waals surface area contributed by atoms with Crippen molar-refractivity contribution >= 4 is 11.9 Å². The third-order valence-corrected chi connectivity index (χ3v) is 2.91. The fraction of sp³-hybridized carbons (Fsp3) is 0.750. The molecule has 0 aliphatic heterocycles. The fourth-order valence-corrected chi connectivity index (χ4v) is 1.59. The Balaban J connectivity index is 0. The minimum atomic E-state index is -0.659. The van der Waals surface area contributed by atoms with E-state index < -0.39 is 11.9 Å². The summed E-state index contributed by atoms with van der Waals surface area (Å²) in [6.45, 7) is 7.08. The van der Waals surface area contributed by atoms with E-state index in [0.29, 0.717) is 12.0 Å². The van der Waals surface area contributed by atoms with E-state index in [1.54, 1.807) is 6.92 Å². The zero-order valence-electron chi connectivity index (χ0n) is 13.1. The third kappa shape index (κ3) is 21.9. The van der Waals surface area contributed by atoms with Gasteiger partial charge in [0.25, 0.3) is 0 Å². The molecule has 0 spiro atoms. The van der Waals surface area contributed by atoms with Gasteiger partial charge in [0.1, 0.15) is 0 Å². The van der Waals surface area contributed by atoms with Gasteiger partial charge in [-0.15, -0.1) is 0 Å². The van der Waals surface area contributed by atoms with Gasteiger partial charge in [0.2, 0.25) is 5.91 Å². The van der Waals surface area contributed by atoms with E-state index in [-0.39, 0.29) is 0 Å². The number of carboxylic acid groups (broad SMARTS) is 1. The van der Waals surface area contributed by atoms with E-state index in [0.717, 1.165) is 12.8 Å². The van der Waals surface area contributed by atoms with Crippen LogP contribution in [-0.4, -0.2) is 17.0 Å². The summed E-state index contributed by atoms with van der Waals surface area (Å²) in [4.78, 5) is 20.0. The van der Waals surface area contributed by atoms with E-state index in [4.69, 9.17) is 10.8 Å². The molecule has 1 amide bonds. The Hall–Kier alpha value is -1.32. The van der Waals surface area contributed by atoms with Crippen molar-refractivity contribution in [3.8, 4) is 0 Å². The number of carboxylic acids is 1. The average molecular weight is 285 g/mol. The Bertz CT molecular complexity index is 263. The topological polar surface area (TPSA) is 80.4 Å². The van der Waals surface area contributed by atoms with Crippen LogP contribution in [0.5, 0.6) is 0 Å². The summed E-state index contributed by atoms with van der Waals surface area (Å²) < 4.78 is 0. The van der Waals surface area contributed by atoms with Crippen LogP contribution in [-0.2, 0) is 9.59 Å². The molecule has 4 nitrogen and oxygen atoms in total. The molecule has 4 heteroatoms. The number of nitrogens with two attached hydrogens (primary N) is 1. The number of carbonyl (C=O) groups excluding carboxylic acids is 1. The fourth-order valence-electron chi connectivity index (χ4n) is 1.59. The first-order valence-corrected chi connectivity index (χ1v) is 7.58. The van der Waals surface area contributed by atoms with Crippen LogP contribution in [0, 0.1) is 0 Å². The second-order valence-electron chi connectivity index (χ2n) is 5.12. The molecule has 0 bridgehead atoms. The molecule has 3 N–H and O–H groups in total. The van der Waals surface area contributed by atoms with E-state index in [1.807, 2.05) is 0 Å². The molecule has 20 heavy (non-hydrogen) atoms. The molecule has 0 saturated carbocycles. The predicted octanol–water partition coefficient (Wildman–Crippen LogP) is 4.04. The van der Waals surface area contributed by atoms with Crippen molar-refractivity contribution in [2.75, 3.05) is 0 Å². The zero-order valence-corrected chi connectivity index (χ0v) is 13.1. The highest BCUT2D eigenvalue weighted by Gasteiger charge is 1.96. The van der Waals surface area contributed by atoms with Gasteiger partial charge < -0.3 is 10.8 Å². The lowest BCUT2D eigenvalue weighted by Gasteiger charge is -2.00. The first kappa shape index (κ1) is 21.0. The maximum absolute atomic E-state index is 10.2. The molecule has 0 radical (unpaired) electrons. The van der Waals surface area contributed by atoms with Crippen molar-refractivity contribution in [2.45, 2.75) is 78.1 Å². The van der Waals surface area contributed by atoms with Crippen LogP contribution in [0.2, 0.25) is 0 Å². The smallest absolute Gasteiger partial charge is 0.303 e. The van der Waals surface area contributed by atoms with Crippen LogP contribution in [0.1, 0.15) is 78.1 Å². The molecule has 0 aliphatic rings. The normalized spacial score (nSPS) is 9.50. The summed E-state index contributed by atoms with van der Waals surface area (Å²) in [7, 11) is 0. The summed E-state index contributed by atoms with van der Waals surface area (Å²) in [5, 5.41) is 8.41. The lowest BCUT2D eigenvalue weighted by atomic mass is 10.1. The molecule has 0 aromatic carbocycles. The minimum absolute atomic E-state index is 0.343. The van der Waals surface area contributed by atoms with Crippen molar-refractivity contribution < 1.29 is 14.7 Å². The molecule has 0 atom stereocenters. The summed E-state index contributed by atoms with van der Waals surface area (Å²) in [5.41, 5.74) is 5.09. The van der Waals surface area contributed by atoms with Crippen molar-refractivity contribution in [2.24, 2.45) is 5.73 Å². The zero-order chi connectivity index (χ0) is 15.8. The summed E-state index contributed by atoms with van der Waals surface area (Å²) in [6.07, 6.45) is 11.5. The number of hydrogen-bond donors (Lipinski definition) is 2. The van der Waals surface area contributed by atoms with Crippen molar-refractivity contribution in [1.82, 2.24) is 0 Å². The largest absolute Gasteiger partial charge is 0.481 e. The molecule has 0 heterocycles. The summed E-state index contributed by atoms with van der Waals surface area (Å²) in [6, 6.07) is 0. The Morgan fingerprint density at radius 2 is 1.30 bits per heavy atom. The SMILES string of the molecule is C=C(C)C(N)=O.CCCCCCCCCCCC(=O)O. The molecular weight excluding hydrogens is 254 g/mol. The number of unbranched alkanes of at least 4 members (excludes halogenated alkanes) is 8. The monoisotopic (exact) mass is 285 g/mol. The van der Waals surface area contributed by atoms with Crippen LogP contribution in [0.25, 0.3) is 0 Å². The average Bonchev–Trinajstić information content (AvgIpc) is 2.37. The van der Waals surface area contributed by atoms with Gasteiger partial charge in [-0.2, -0.15) is 0 Å². The minimum Gasteiger partial charge on any atom is -0.481 e. The molecule has 0 fully saturated rings. The number of hydrogen-bond acceptors (Lipinski definition) is 2. The Labute approximate surface area is 123 Å². The van der Waals surface area contributed by atoms with Crippen LogP contribution in [0.3, 0.4) is 0 Å². The molecule has 0 unspecified atom stereocenters. The van der Waals surface area contributed by atoms with Gasteiger partial charge in [-0.1, -0.05) is 64.9 Å². The molecule has 0 aromatic heterocycles. The highest BCUT2D eigenvalue weighted by molar-refractivity contribution is 5.90. The lowest BCUT2D eigenvalue weighted by molar-refractivity contribution is -0.137. The lowest BCUT2D eigenvalue weighted by Crippen LogP contribution is -2.10. The highest BCUT2D eigenvalue weighted by Crippen LogP contribution is 2.10. The molecule has 0 aromatic rings. The van der Waals surface area contributed by atoms with Gasteiger partial charge in [0, 0.05) is 12.0 Å². The quantitative estimate of drug-likeness (QED) is 0.444. The Morgan fingerprint density at radius 1 is 0.950 bits per heavy atom. The van der Waals surface area contributed by atoms with Crippen molar-refractivity contribution in [3.63, 3.8) is 0 Å². The Kier molecular flexibility index (Phi) is 16.5. The van der Waals surface area contributed by atoms with Crippen LogP contribution >= 0.6 is 0 Å². The van der Waals surface area contributed by atoms with Gasteiger partial charge in [-0.25, -0.2) is 0 Å². The predicted molar refractivity (Wildman–Crippen MR) is 83.5 cm³/mol. The third-order valence-electron chi connectivity index (χ3n) is 2.91. The summed E-state index contributed by atoms with van der Waals surface area (Å²) in [5.74, 6) is -1.09. The number of rotatable bonds is 11. The standard InChI is InChI=1S/C12H24O2.C4H7NO/c1-2-3-4-5-6-7-8-9-10-11-12(13)14;1-3(2)4(5)6/h2-11H2,1H3,(H,13,14);1H2,2H3,(H2,5,6).